The van der Waals surface area contributed by atoms with Gasteiger partial charge in [-0.1, -0.05) is 49.0 Å². The summed E-state index contributed by atoms with van der Waals surface area (Å²) < 4.78 is 26.6. The first-order chi connectivity index (χ1) is 14.7. The molecule has 0 aliphatic rings. The Bertz CT molecular complexity index is 1210. The number of carbonyl (C=O) groups excluding carboxylic acids is 1. The summed E-state index contributed by atoms with van der Waals surface area (Å²) >= 11 is 13.9. The summed E-state index contributed by atoms with van der Waals surface area (Å²) in [5.41, 5.74) is 3.07. The van der Waals surface area contributed by atoms with Gasteiger partial charge >= 0.3 is 0 Å². The van der Waals surface area contributed by atoms with Crippen LogP contribution in [0.25, 0.3) is 10.9 Å². The Morgan fingerprint density at radius 2 is 1.90 bits per heavy atom. The normalized spacial score (nSPS) is 11.7. The SMILES string of the molecule is CCCCCS(=O)(=O)NC(=O)c1ccc2[nH]c(SC)c(Cc3ccc(Cl)cc3Cl)c2c1. The van der Waals surface area contributed by atoms with E-state index >= 15 is 0 Å². The summed E-state index contributed by atoms with van der Waals surface area (Å²) in [6.45, 7) is 1.99. The Labute approximate surface area is 197 Å². The Balaban J connectivity index is 1.92. The van der Waals surface area contributed by atoms with Gasteiger partial charge in [-0.15, -0.1) is 11.8 Å². The van der Waals surface area contributed by atoms with Crippen LogP contribution in [0.5, 0.6) is 0 Å². The second-order valence-electron chi connectivity index (χ2n) is 7.27. The van der Waals surface area contributed by atoms with Gasteiger partial charge in [0, 0.05) is 32.9 Å². The number of rotatable bonds is 9. The molecule has 0 unspecified atom stereocenters. The number of H-pyrrole nitrogens is 1. The predicted molar refractivity (Wildman–Crippen MR) is 130 cm³/mol. The standard InChI is InChI=1S/C22H24Cl2N2O3S2/c1-3-4-5-10-31(28,29)26-21(27)15-7-9-20-17(12-15)18(22(25-20)30-2)11-14-6-8-16(23)13-19(14)24/h6-9,12-13,25H,3-5,10-11H2,1-2H3,(H,26,27). The van der Waals surface area contributed by atoms with E-state index in [1.165, 1.54) is 0 Å². The van der Waals surface area contributed by atoms with Gasteiger partial charge in [0.2, 0.25) is 10.0 Å². The van der Waals surface area contributed by atoms with Crippen LogP contribution in [0.15, 0.2) is 41.4 Å². The average molecular weight is 499 g/mol. The van der Waals surface area contributed by atoms with Crippen molar-refractivity contribution in [3.8, 4) is 0 Å². The van der Waals surface area contributed by atoms with Crippen molar-refractivity contribution in [2.24, 2.45) is 0 Å². The highest BCUT2D eigenvalue weighted by Gasteiger charge is 2.19. The summed E-state index contributed by atoms with van der Waals surface area (Å²) in [6, 6.07) is 10.5. The van der Waals surface area contributed by atoms with Crippen molar-refractivity contribution in [1.29, 1.82) is 0 Å². The maximum absolute atomic E-state index is 12.6. The lowest BCUT2D eigenvalue weighted by molar-refractivity contribution is 0.0981. The molecular weight excluding hydrogens is 475 g/mol. The Morgan fingerprint density at radius 3 is 2.58 bits per heavy atom. The number of amides is 1. The molecule has 0 bridgehead atoms. The molecule has 0 atom stereocenters. The van der Waals surface area contributed by atoms with Crippen molar-refractivity contribution in [2.45, 2.75) is 37.6 Å². The number of carbonyl (C=O) groups is 1. The molecule has 1 amide bonds. The van der Waals surface area contributed by atoms with Crippen LogP contribution in [-0.4, -0.2) is 31.3 Å². The highest BCUT2D eigenvalue weighted by atomic mass is 35.5. The molecule has 0 aliphatic carbocycles. The minimum Gasteiger partial charge on any atom is -0.349 e. The van der Waals surface area contributed by atoms with E-state index < -0.39 is 15.9 Å². The number of sulfonamides is 1. The van der Waals surface area contributed by atoms with Crippen LogP contribution in [0, 0.1) is 0 Å². The van der Waals surface area contributed by atoms with E-state index in [2.05, 4.69) is 9.71 Å². The van der Waals surface area contributed by atoms with Crippen molar-refractivity contribution >= 4 is 61.8 Å². The van der Waals surface area contributed by atoms with E-state index in [-0.39, 0.29) is 5.75 Å². The molecule has 9 heteroatoms. The van der Waals surface area contributed by atoms with Gasteiger partial charge < -0.3 is 4.98 Å². The first kappa shape index (κ1) is 24.0. The number of aromatic nitrogens is 1. The molecule has 0 saturated heterocycles. The minimum atomic E-state index is -3.66. The Hall–Kier alpha value is -1.67. The zero-order chi connectivity index (χ0) is 22.6. The van der Waals surface area contributed by atoms with E-state index in [1.54, 1.807) is 42.1 Å². The fourth-order valence-electron chi connectivity index (χ4n) is 3.36. The zero-order valence-electron chi connectivity index (χ0n) is 17.3. The van der Waals surface area contributed by atoms with Crippen molar-refractivity contribution in [1.82, 2.24) is 9.71 Å². The fourth-order valence-corrected chi connectivity index (χ4v) is 5.57. The number of aromatic amines is 1. The number of hydrogen-bond acceptors (Lipinski definition) is 4. The molecule has 0 saturated carbocycles. The number of unbranched alkanes of at least 4 members (excludes halogenated alkanes) is 2. The second kappa shape index (κ2) is 10.3. The van der Waals surface area contributed by atoms with Gasteiger partial charge in [0.15, 0.2) is 0 Å². The van der Waals surface area contributed by atoms with E-state index in [0.717, 1.165) is 39.9 Å². The van der Waals surface area contributed by atoms with Gasteiger partial charge in [0.25, 0.3) is 5.91 Å². The van der Waals surface area contributed by atoms with Crippen LogP contribution in [-0.2, 0) is 16.4 Å². The van der Waals surface area contributed by atoms with E-state index in [1.807, 2.05) is 19.2 Å². The van der Waals surface area contributed by atoms with Gasteiger partial charge in [-0.25, -0.2) is 13.1 Å². The number of fused-ring (bicyclic) bond motifs is 1. The molecule has 0 radical (unpaired) electrons. The molecule has 3 aromatic rings. The van der Waals surface area contributed by atoms with Crippen molar-refractivity contribution in [2.75, 3.05) is 12.0 Å². The van der Waals surface area contributed by atoms with Crippen LogP contribution in [0.2, 0.25) is 10.0 Å². The number of benzene rings is 2. The van der Waals surface area contributed by atoms with Crippen LogP contribution >= 0.6 is 35.0 Å². The second-order valence-corrected chi connectivity index (χ2v) is 10.8. The average Bonchev–Trinajstić information content (AvgIpc) is 3.06. The smallest absolute Gasteiger partial charge is 0.264 e. The molecule has 0 aliphatic heterocycles. The monoisotopic (exact) mass is 498 g/mol. The Morgan fingerprint density at radius 1 is 1.13 bits per heavy atom. The first-order valence-corrected chi connectivity index (χ1v) is 13.5. The lowest BCUT2D eigenvalue weighted by Crippen LogP contribution is -2.32. The fraction of sp³-hybridized carbons (Fsp3) is 0.318. The zero-order valence-corrected chi connectivity index (χ0v) is 20.4. The molecule has 2 N–H and O–H groups in total. The molecule has 31 heavy (non-hydrogen) atoms. The van der Waals surface area contributed by atoms with Crippen LogP contribution in [0.4, 0.5) is 0 Å². The predicted octanol–water partition coefficient (Wildman–Crippen LogP) is 6.04. The van der Waals surface area contributed by atoms with Gasteiger partial charge in [0.05, 0.1) is 10.8 Å². The summed E-state index contributed by atoms with van der Waals surface area (Å²) in [5.74, 6) is -0.684. The third kappa shape index (κ3) is 5.98. The maximum Gasteiger partial charge on any atom is 0.264 e. The lowest BCUT2D eigenvalue weighted by Gasteiger charge is -2.08. The summed E-state index contributed by atoms with van der Waals surface area (Å²) in [4.78, 5) is 16.0. The van der Waals surface area contributed by atoms with Gasteiger partial charge in [-0.05, 0) is 54.1 Å². The number of nitrogens with one attached hydrogen (secondary N) is 2. The van der Waals surface area contributed by atoms with Crippen LogP contribution < -0.4 is 4.72 Å². The largest absolute Gasteiger partial charge is 0.349 e. The molecule has 1 aromatic heterocycles. The van der Waals surface area contributed by atoms with Gasteiger partial charge in [-0.2, -0.15) is 0 Å². The van der Waals surface area contributed by atoms with Crippen molar-refractivity contribution in [3.63, 3.8) is 0 Å². The number of halogens is 2. The van der Waals surface area contributed by atoms with E-state index in [0.29, 0.717) is 28.5 Å². The first-order valence-electron chi connectivity index (χ1n) is 9.91. The molecule has 1 heterocycles. The third-order valence-corrected chi connectivity index (χ3v) is 7.65. The highest BCUT2D eigenvalue weighted by molar-refractivity contribution is 7.98. The van der Waals surface area contributed by atoms with E-state index in [9.17, 15) is 13.2 Å². The van der Waals surface area contributed by atoms with Gasteiger partial charge in [0.1, 0.15) is 0 Å². The molecule has 3 rings (SSSR count). The number of thioether (sulfide) groups is 1. The highest BCUT2D eigenvalue weighted by Crippen LogP contribution is 2.33. The summed E-state index contributed by atoms with van der Waals surface area (Å²) in [6.07, 6.45) is 4.75. The van der Waals surface area contributed by atoms with Crippen molar-refractivity contribution < 1.29 is 13.2 Å². The molecule has 0 spiro atoms. The summed E-state index contributed by atoms with van der Waals surface area (Å²) in [7, 11) is -3.66. The summed E-state index contributed by atoms with van der Waals surface area (Å²) in [5, 5.41) is 2.95. The van der Waals surface area contributed by atoms with E-state index in [4.69, 9.17) is 23.2 Å². The van der Waals surface area contributed by atoms with Gasteiger partial charge in [-0.3, -0.25) is 4.79 Å². The molecule has 5 nitrogen and oxygen atoms in total. The molecule has 0 fully saturated rings. The van der Waals surface area contributed by atoms with Crippen molar-refractivity contribution in [3.05, 3.63) is 63.1 Å². The Kier molecular flexibility index (Phi) is 7.97. The number of hydrogen-bond donors (Lipinski definition) is 2. The van der Waals surface area contributed by atoms with Crippen LogP contribution in [0.3, 0.4) is 0 Å². The quantitative estimate of drug-likeness (QED) is 0.278. The lowest BCUT2D eigenvalue weighted by atomic mass is 10.0. The third-order valence-electron chi connectivity index (χ3n) is 4.98. The topological polar surface area (TPSA) is 79.0 Å². The minimum absolute atomic E-state index is 0.0596. The maximum atomic E-state index is 12.6. The van der Waals surface area contributed by atoms with Crippen LogP contribution in [0.1, 0.15) is 47.7 Å². The molecule has 166 valence electrons. The molecular formula is C22H24Cl2N2O3S2. The molecule has 2 aromatic carbocycles.